The Morgan fingerprint density at radius 1 is 0.283 bits per heavy atom. The zero-order chi connectivity index (χ0) is 98.7. The molecular formula is C90H88N32O16. The van der Waals surface area contributed by atoms with Crippen LogP contribution in [0.1, 0.15) is 34.2 Å². The normalized spacial score (nSPS) is 11.6. The van der Waals surface area contributed by atoms with Gasteiger partial charge in [0.15, 0.2) is 67.0 Å². The Hall–Kier alpha value is -18.5. The Labute approximate surface area is 770 Å². The first-order valence-electron chi connectivity index (χ1n) is 42.4. The number of phenolic OH excluding ortho intramolecular Hbond substituents is 3. The minimum Gasteiger partial charge on any atom is -0.508 e. The van der Waals surface area contributed by atoms with Crippen molar-refractivity contribution >= 4 is 102 Å². The zero-order valence-electron chi connectivity index (χ0n) is 77.4. The molecule has 0 radical (unpaired) electrons. The van der Waals surface area contributed by atoms with Crippen LogP contribution in [-0.2, 0) is 91.1 Å². The molecule has 0 aliphatic heterocycles. The minimum atomic E-state index is -0.431. The molecule has 0 fully saturated rings. The van der Waals surface area contributed by atoms with Crippen LogP contribution < -0.4 is 67.5 Å². The fraction of sp³-hybridized carbons (Fsp3) is 0.222. The molecule has 0 atom stereocenters. The van der Waals surface area contributed by atoms with Crippen LogP contribution in [0.2, 0.25) is 0 Å². The van der Waals surface area contributed by atoms with E-state index in [0.29, 0.717) is 120 Å². The molecule has 4 N–H and O–H groups in total. The highest BCUT2D eigenvalue weighted by Gasteiger charge is 2.28. The van der Waals surface area contributed by atoms with Crippen molar-refractivity contribution in [3.05, 3.63) is 318 Å². The Morgan fingerprint density at radius 3 is 0.957 bits per heavy atom. The van der Waals surface area contributed by atoms with Gasteiger partial charge >= 0.3 is 34.1 Å². The van der Waals surface area contributed by atoms with E-state index in [1.165, 1.54) is 69.7 Å². The van der Waals surface area contributed by atoms with E-state index in [4.69, 9.17) is 5.11 Å². The molecule has 23 aromatic rings. The predicted octanol–water partition coefficient (Wildman–Crippen LogP) is 1.81. The summed E-state index contributed by atoms with van der Waals surface area (Å²) in [5.41, 5.74) is 7.58. The second kappa shape index (κ2) is 33.3. The molecule has 20 heterocycles. The Kier molecular flexibility index (Phi) is 21.7. The predicted molar refractivity (Wildman–Crippen MR) is 510 cm³/mol. The smallest absolute Gasteiger partial charge is 0.332 e. The van der Waals surface area contributed by atoms with Crippen molar-refractivity contribution in [1.29, 1.82) is 0 Å². The summed E-state index contributed by atoms with van der Waals surface area (Å²) in [6, 6.07) is 29.7. The van der Waals surface area contributed by atoms with Crippen LogP contribution in [-0.4, -0.2) is 176 Å². The Balaban J connectivity index is 0.000000110. The van der Waals surface area contributed by atoms with Crippen molar-refractivity contribution in [2.24, 2.45) is 84.6 Å². The lowest BCUT2D eigenvalue weighted by atomic mass is 10.3. The van der Waals surface area contributed by atoms with Gasteiger partial charge in [-0.2, -0.15) is 29.9 Å². The molecule has 23 rings (SSSR count). The molecule has 0 saturated carbocycles. The maximum atomic E-state index is 12.5. The van der Waals surface area contributed by atoms with Crippen molar-refractivity contribution < 1.29 is 20.4 Å². The average molecular weight is 1870 g/mol. The first-order valence-corrected chi connectivity index (χ1v) is 42.4. The van der Waals surface area contributed by atoms with Crippen molar-refractivity contribution in [3.8, 4) is 45.8 Å². The fourth-order valence-electron chi connectivity index (χ4n) is 17.3. The Morgan fingerprint density at radius 2 is 0.601 bits per heavy atom. The third-order valence-electron chi connectivity index (χ3n) is 24.4. The minimum absolute atomic E-state index is 0.0225. The summed E-state index contributed by atoms with van der Waals surface area (Å²) in [7, 11) is 18.3. The lowest BCUT2D eigenvalue weighted by molar-refractivity contribution is 0.276. The quantitative estimate of drug-likeness (QED) is 0.177. The standard InChI is InChI=1S/3C16H15N5O3.2C15H14N6O2.C12H15N5O3/c1-9-8-20-12-13(18(2)16(24)19(3)14(12)23)17-15(20)21(9)10-4-6-11(22)7-5-10;1-9-8-20-12-13(18(2)16(24)19(3)14(12)23)17-15(20)21(9)10-5-4-6-11(22)7-10;1-9-8-20-12-13(18(2)16(24)19(3)14(12)23)17-15(20)21(9)10-6-4-5-7-11(10)22;1-9-8-20-11-12(18(2)15(23)19(3)13(11)22)17-14(20)21(9)10-5-4-6-16-7-10;1-9-8-20-11-12(18(2)15(23)19(3)13(11)22)17-14(20)21(9)10-6-4-5-7-16-10;1-7-6-17-8-9(13-11(17)16(7)4-5-18)14(2)12(20)15(3)10(8)19/h3*4-8,22H,1-3H3;2*4-8H,1-3H3;6,18H,4-5H2,1-3H3. The summed E-state index contributed by atoms with van der Waals surface area (Å²) in [6.45, 7) is 11.7. The van der Waals surface area contributed by atoms with Crippen LogP contribution in [0.25, 0.3) is 130 Å². The first-order chi connectivity index (χ1) is 65.7. The molecule has 138 heavy (non-hydrogen) atoms. The number of aryl methyl sites for hydroxylation is 12. The number of benzene rings is 3. The number of aliphatic hydroxyl groups excluding tert-OH is 1. The van der Waals surface area contributed by atoms with Crippen molar-refractivity contribution in [3.63, 3.8) is 0 Å². The summed E-state index contributed by atoms with van der Waals surface area (Å²) in [4.78, 5) is 183. The van der Waals surface area contributed by atoms with E-state index >= 15 is 0 Å². The van der Waals surface area contributed by atoms with Crippen LogP contribution in [0.5, 0.6) is 17.2 Å². The van der Waals surface area contributed by atoms with Crippen molar-refractivity contribution in [2.75, 3.05) is 6.61 Å². The van der Waals surface area contributed by atoms with Crippen LogP contribution >= 0.6 is 0 Å². The van der Waals surface area contributed by atoms with Gasteiger partial charge < -0.3 is 25.0 Å². The van der Waals surface area contributed by atoms with E-state index in [1.807, 2.05) is 125 Å². The molecule has 20 aromatic heterocycles. The van der Waals surface area contributed by atoms with Crippen LogP contribution in [0.15, 0.2) is 216 Å². The molecule has 0 aliphatic carbocycles. The van der Waals surface area contributed by atoms with Crippen molar-refractivity contribution in [1.82, 2.24) is 148 Å². The van der Waals surface area contributed by atoms with E-state index in [0.717, 1.165) is 78.6 Å². The number of fused-ring (bicyclic) bond motifs is 18. The highest BCUT2D eigenvalue weighted by molar-refractivity contribution is 5.82. The van der Waals surface area contributed by atoms with Gasteiger partial charge in [-0.1, -0.05) is 24.3 Å². The maximum Gasteiger partial charge on any atom is 0.332 e. The monoisotopic (exact) mass is 1870 g/mol. The fourth-order valence-corrected chi connectivity index (χ4v) is 17.3. The van der Waals surface area contributed by atoms with E-state index in [1.54, 1.807) is 171 Å². The molecule has 48 heteroatoms. The number of hydrogen-bond acceptors (Lipinski definition) is 24. The van der Waals surface area contributed by atoms with Crippen molar-refractivity contribution in [2.45, 2.75) is 48.1 Å². The molecule has 48 nitrogen and oxygen atoms in total. The number of aliphatic hydroxyl groups is 1. The SMILES string of the molecule is Cc1cn2c3c(=O)n(C)c(=O)n(C)c3nc2n1-c1ccc(O)cc1.Cc1cn2c3c(=O)n(C)c(=O)n(C)c3nc2n1-c1cccc(O)c1.Cc1cn2c3c(=O)n(C)c(=O)n(C)c3nc2n1-c1ccccc1O.Cc1cn2c3c(=O)n(C)c(=O)n(C)c3nc2n1-c1ccccn1.Cc1cn2c3c(=O)n(C)c(=O)n(C)c3nc2n1-c1cccnc1.Cc1cn2c3c(=O)n(C)c(=O)n(C)c3nc2n1CCO. The number of nitrogens with zero attached hydrogens (tertiary/aromatic N) is 32. The number of phenols is 3. The molecular weight excluding hydrogens is 1790 g/mol. The van der Waals surface area contributed by atoms with Gasteiger partial charge in [0.1, 0.15) is 23.1 Å². The lowest BCUT2D eigenvalue weighted by Crippen LogP contribution is -2.37. The third-order valence-corrected chi connectivity index (χ3v) is 24.4. The highest BCUT2D eigenvalue weighted by Crippen LogP contribution is 2.30. The number of hydrogen-bond donors (Lipinski definition) is 4. The van der Waals surface area contributed by atoms with E-state index in [-0.39, 0.29) is 46.1 Å². The largest absolute Gasteiger partial charge is 0.508 e. The summed E-state index contributed by atoms with van der Waals surface area (Å²) in [5.74, 6) is 4.29. The van der Waals surface area contributed by atoms with Crippen LogP contribution in [0, 0.1) is 41.5 Å². The molecule has 0 unspecified atom stereocenters. The second-order valence-corrected chi connectivity index (χ2v) is 33.1. The van der Waals surface area contributed by atoms with Gasteiger partial charge in [0, 0.05) is 187 Å². The molecule has 0 amide bonds. The van der Waals surface area contributed by atoms with Gasteiger partial charge in [0.05, 0.1) is 29.9 Å². The molecule has 0 aliphatic rings. The maximum absolute atomic E-state index is 12.5. The number of pyridine rings is 2. The third kappa shape index (κ3) is 13.8. The average Bonchev–Trinajstić information content (AvgIpc) is 1.58. The highest BCUT2D eigenvalue weighted by atomic mass is 16.3. The summed E-state index contributed by atoms with van der Waals surface area (Å²) >= 11 is 0. The van der Waals surface area contributed by atoms with Gasteiger partial charge in [-0.15, -0.1) is 0 Å². The first kappa shape index (κ1) is 90.0. The summed E-state index contributed by atoms with van der Waals surface area (Å²) in [5, 5.41) is 38.5. The number of rotatable bonds is 7. The molecule has 0 saturated heterocycles. The van der Waals surface area contributed by atoms with Gasteiger partial charge in [-0.05, 0) is 114 Å². The lowest BCUT2D eigenvalue weighted by Gasteiger charge is -2.07. The number of aromatic hydroxyl groups is 3. The molecule has 704 valence electrons. The molecule has 3 aromatic carbocycles. The van der Waals surface area contributed by atoms with E-state index < -0.39 is 45.3 Å². The number of aromatic nitrogens is 32. The number of imidazole rings is 12. The van der Waals surface area contributed by atoms with E-state index in [2.05, 4.69) is 39.9 Å². The van der Waals surface area contributed by atoms with Gasteiger partial charge in [0.25, 0.3) is 33.4 Å². The van der Waals surface area contributed by atoms with E-state index in [9.17, 15) is 72.9 Å². The van der Waals surface area contributed by atoms with Crippen LogP contribution in [0.3, 0.4) is 0 Å². The molecule has 0 spiro atoms. The van der Waals surface area contributed by atoms with Gasteiger partial charge in [0.2, 0.25) is 34.7 Å². The second-order valence-electron chi connectivity index (χ2n) is 33.1. The number of para-hydroxylation sites is 2. The van der Waals surface area contributed by atoms with Crippen LogP contribution in [0.4, 0.5) is 0 Å². The summed E-state index contributed by atoms with van der Waals surface area (Å²) < 4.78 is 35.7. The zero-order valence-corrected chi connectivity index (χ0v) is 77.4. The molecule has 0 bridgehead atoms. The summed E-state index contributed by atoms with van der Waals surface area (Å²) in [6.07, 6.45) is 15.9. The van der Waals surface area contributed by atoms with Gasteiger partial charge in [-0.25, -0.2) is 33.8 Å². The Bertz CT molecular complexity index is 9700. The topological polar surface area (TPSA) is 504 Å². The van der Waals surface area contributed by atoms with Gasteiger partial charge in [-0.3, -0.25) is 138 Å².